The summed E-state index contributed by atoms with van der Waals surface area (Å²) in [7, 11) is 0. The standard InChI is InChI=1S/C17H28/c1-7-8-9-13(4)16-10-14(5)17(12(2)3)15(6)11-16/h13,16-17H,2,5-11H2,1,3-4H3. The first-order chi connectivity index (χ1) is 7.97. The van der Waals surface area contributed by atoms with E-state index < -0.39 is 0 Å². The lowest BCUT2D eigenvalue weighted by molar-refractivity contribution is 0.299. The molecule has 0 aromatic carbocycles. The van der Waals surface area contributed by atoms with Crippen LogP contribution in [-0.2, 0) is 0 Å². The normalized spacial score (nSPS) is 27.0. The zero-order valence-corrected chi connectivity index (χ0v) is 11.9. The third-order valence-electron chi connectivity index (χ3n) is 4.18. The van der Waals surface area contributed by atoms with Crippen LogP contribution in [0.1, 0.15) is 52.9 Å². The second-order valence-electron chi connectivity index (χ2n) is 5.88. The first-order valence-electron chi connectivity index (χ1n) is 6.98. The maximum atomic E-state index is 4.26. The number of rotatable bonds is 5. The van der Waals surface area contributed by atoms with Gasteiger partial charge in [0.25, 0.3) is 0 Å². The Morgan fingerprint density at radius 2 is 1.82 bits per heavy atom. The van der Waals surface area contributed by atoms with Crippen LogP contribution in [0, 0.1) is 17.8 Å². The molecule has 0 aromatic rings. The summed E-state index contributed by atoms with van der Waals surface area (Å²) in [6.07, 6.45) is 6.33. The minimum atomic E-state index is 0.379. The van der Waals surface area contributed by atoms with E-state index in [0.29, 0.717) is 5.92 Å². The third kappa shape index (κ3) is 3.59. The highest BCUT2D eigenvalue weighted by Crippen LogP contribution is 2.42. The van der Waals surface area contributed by atoms with E-state index in [9.17, 15) is 0 Å². The number of allylic oxidation sites excluding steroid dienone is 3. The van der Waals surface area contributed by atoms with Crippen LogP contribution in [0.4, 0.5) is 0 Å². The molecule has 0 heteroatoms. The Labute approximate surface area is 108 Å². The molecule has 1 rings (SSSR count). The molecule has 0 amide bonds. The second-order valence-corrected chi connectivity index (χ2v) is 5.88. The highest BCUT2D eigenvalue weighted by molar-refractivity contribution is 5.31. The minimum absolute atomic E-state index is 0.379. The smallest absolute Gasteiger partial charge is 0.0206 e. The lowest BCUT2D eigenvalue weighted by Crippen LogP contribution is -2.24. The molecule has 0 spiro atoms. The average Bonchev–Trinajstić information content (AvgIpc) is 2.24. The van der Waals surface area contributed by atoms with E-state index in [4.69, 9.17) is 0 Å². The molecule has 0 radical (unpaired) electrons. The van der Waals surface area contributed by atoms with E-state index >= 15 is 0 Å². The van der Waals surface area contributed by atoms with Gasteiger partial charge in [-0.3, -0.25) is 0 Å². The maximum Gasteiger partial charge on any atom is 0.0206 e. The van der Waals surface area contributed by atoms with Crippen LogP contribution in [0.25, 0.3) is 0 Å². The van der Waals surface area contributed by atoms with E-state index in [1.807, 2.05) is 0 Å². The molecule has 0 nitrogen and oxygen atoms in total. The molecule has 1 fully saturated rings. The molecule has 0 bridgehead atoms. The van der Waals surface area contributed by atoms with Gasteiger partial charge in [-0.05, 0) is 31.6 Å². The number of hydrogen-bond acceptors (Lipinski definition) is 0. The zero-order valence-electron chi connectivity index (χ0n) is 11.9. The molecule has 1 atom stereocenters. The lowest BCUT2D eigenvalue weighted by atomic mass is 9.69. The van der Waals surface area contributed by atoms with Crippen molar-refractivity contribution in [3.05, 3.63) is 36.5 Å². The monoisotopic (exact) mass is 232 g/mol. The van der Waals surface area contributed by atoms with Gasteiger partial charge in [0.1, 0.15) is 0 Å². The molecule has 1 unspecified atom stereocenters. The van der Waals surface area contributed by atoms with Crippen molar-refractivity contribution in [2.75, 3.05) is 0 Å². The number of hydrogen-bond donors (Lipinski definition) is 0. The third-order valence-corrected chi connectivity index (χ3v) is 4.18. The molecule has 0 aliphatic heterocycles. The molecule has 17 heavy (non-hydrogen) atoms. The topological polar surface area (TPSA) is 0 Å². The molecule has 96 valence electrons. The van der Waals surface area contributed by atoms with Gasteiger partial charge < -0.3 is 0 Å². The molecule has 0 saturated heterocycles. The van der Waals surface area contributed by atoms with Crippen molar-refractivity contribution in [2.24, 2.45) is 17.8 Å². The first-order valence-corrected chi connectivity index (χ1v) is 6.98. The fourth-order valence-corrected chi connectivity index (χ4v) is 3.13. The quantitative estimate of drug-likeness (QED) is 0.547. The summed E-state index contributed by atoms with van der Waals surface area (Å²) >= 11 is 0. The maximum absolute atomic E-state index is 4.26. The second kappa shape index (κ2) is 6.23. The van der Waals surface area contributed by atoms with Crippen molar-refractivity contribution in [3.63, 3.8) is 0 Å². The molecule has 0 aromatic heterocycles. The minimum Gasteiger partial charge on any atom is -0.0992 e. The van der Waals surface area contributed by atoms with Crippen LogP contribution in [-0.4, -0.2) is 0 Å². The summed E-state index contributed by atoms with van der Waals surface area (Å²) in [4.78, 5) is 0. The van der Waals surface area contributed by atoms with Crippen LogP contribution in [0.3, 0.4) is 0 Å². The van der Waals surface area contributed by atoms with Crippen molar-refractivity contribution in [3.8, 4) is 0 Å². The molecule has 0 N–H and O–H groups in total. The van der Waals surface area contributed by atoms with Crippen molar-refractivity contribution in [1.29, 1.82) is 0 Å². The highest BCUT2D eigenvalue weighted by atomic mass is 14.3. The van der Waals surface area contributed by atoms with Crippen molar-refractivity contribution in [1.82, 2.24) is 0 Å². The zero-order chi connectivity index (χ0) is 13.0. The molecule has 1 saturated carbocycles. The predicted molar refractivity (Wildman–Crippen MR) is 78.0 cm³/mol. The van der Waals surface area contributed by atoms with Gasteiger partial charge in [-0.25, -0.2) is 0 Å². The molecule has 1 aliphatic carbocycles. The van der Waals surface area contributed by atoms with Crippen molar-refractivity contribution in [2.45, 2.75) is 52.9 Å². The van der Waals surface area contributed by atoms with Crippen molar-refractivity contribution >= 4 is 0 Å². The van der Waals surface area contributed by atoms with Crippen LogP contribution in [0.2, 0.25) is 0 Å². The number of unbranched alkanes of at least 4 members (excludes halogenated alkanes) is 1. The Morgan fingerprint density at radius 3 is 2.24 bits per heavy atom. The van der Waals surface area contributed by atoms with Crippen molar-refractivity contribution < 1.29 is 0 Å². The van der Waals surface area contributed by atoms with Gasteiger partial charge >= 0.3 is 0 Å². The summed E-state index contributed by atoms with van der Waals surface area (Å²) in [5, 5.41) is 0. The fourth-order valence-electron chi connectivity index (χ4n) is 3.13. The largest absolute Gasteiger partial charge is 0.0992 e. The lowest BCUT2D eigenvalue weighted by Gasteiger charge is -2.36. The van der Waals surface area contributed by atoms with E-state index in [0.717, 1.165) is 11.8 Å². The first kappa shape index (κ1) is 14.3. The van der Waals surface area contributed by atoms with Gasteiger partial charge in [-0.1, -0.05) is 69.6 Å². The van der Waals surface area contributed by atoms with E-state index in [2.05, 4.69) is 40.5 Å². The van der Waals surface area contributed by atoms with Crippen LogP contribution < -0.4 is 0 Å². The summed E-state index contributed by atoms with van der Waals surface area (Å²) < 4.78 is 0. The molecular weight excluding hydrogens is 204 g/mol. The van der Waals surface area contributed by atoms with E-state index in [-0.39, 0.29) is 0 Å². The highest BCUT2D eigenvalue weighted by Gasteiger charge is 2.30. The Balaban J connectivity index is 2.62. The average molecular weight is 232 g/mol. The van der Waals surface area contributed by atoms with Gasteiger partial charge in [-0.15, -0.1) is 0 Å². The Kier molecular flexibility index (Phi) is 5.24. The van der Waals surface area contributed by atoms with Gasteiger partial charge in [-0.2, -0.15) is 0 Å². The predicted octanol–water partition coefficient (Wildman–Crippen LogP) is 5.53. The van der Waals surface area contributed by atoms with Gasteiger partial charge in [0.2, 0.25) is 0 Å². The van der Waals surface area contributed by atoms with E-state index in [1.165, 1.54) is 48.8 Å². The Morgan fingerprint density at radius 1 is 1.29 bits per heavy atom. The fraction of sp³-hybridized carbons (Fsp3) is 0.647. The van der Waals surface area contributed by atoms with Gasteiger partial charge in [0.05, 0.1) is 0 Å². The summed E-state index contributed by atoms with van der Waals surface area (Å²) in [6, 6.07) is 0. The molecule has 0 heterocycles. The Hall–Kier alpha value is -0.780. The van der Waals surface area contributed by atoms with Crippen LogP contribution in [0.5, 0.6) is 0 Å². The SMILES string of the molecule is C=C(C)C1C(=C)CC(C(C)CCCC)CC1=C. The van der Waals surface area contributed by atoms with Gasteiger partial charge in [0, 0.05) is 5.92 Å². The molecular formula is C17H28. The molecule has 1 aliphatic rings. The van der Waals surface area contributed by atoms with Crippen LogP contribution in [0.15, 0.2) is 36.5 Å². The summed E-state index contributed by atoms with van der Waals surface area (Å²) in [6.45, 7) is 19.4. The van der Waals surface area contributed by atoms with E-state index in [1.54, 1.807) is 0 Å². The summed E-state index contributed by atoms with van der Waals surface area (Å²) in [5.74, 6) is 1.94. The van der Waals surface area contributed by atoms with Gasteiger partial charge in [0.15, 0.2) is 0 Å². The summed E-state index contributed by atoms with van der Waals surface area (Å²) in [5.41, 5.74) is 3.88. The Bertz CT molecular complexity index is 290. The van der Waals surface area contributed by atoms with Crippen LogP contribution >= 0.6 is 0 Å².